The Labute approximate surface area is 101 Å². The number of nitrogens with one attached hydrogen (secondary N) is 1. The first-order valence-corrected chi connectivity index (χ1v) is 7.66. The van der Waals surface area contributed by atoms with Gasteiger partial charge in [0.1, 0.15) is 0 Å². The van der Waals surface area contributed by atoms with Crippen molar-refractivity contribution < 1.29 is 12.9 Å². The maximum atomic E-state index is 11.3. The molecule has 0 aromatic carbocycles. The summed E-state index contributed by atoms with van der Waals surface area (Å²) in [7, 11) is -2.83. The van der Waals surface area contributed by atoms with Gasteiger partial charge in [0.25, 0.3) is 0 Å². The summed E-state index contributed by atoms with van der Waals surface area (Å²) in [5.74, 6) is 1.72. The third-order valence-corrected chi connectivity index (χ3v) is 4.53. The predicted molar refractivity (Wildman–Crippen MR) is 62.2 cm³/mol. The quantitative estimate of drug-likeness (QED) is 0.818. The van der Waals surface area contributed by atoms with Crippen LogP contribution in [0.4, 0.5) is 0 Å². The third-order valence-electron chi connectivity index (χ3n) is 2.76. The van der Waals surface area contributed by atoms with Crippen LogP contribution in [0.2, 0.25) is 0 Å². The molecule has 1 aromatic heterocycles. The Balaban J connectivity index is 1.82. The average molecular weight is 259 g/mol. The second-order valence-corrected chi connectivity index (χ2v) is 6.56. The van der Waals surface area contributed by atoms with E-state index in [0.717, 1.165) is 12.8 Å². The van der Waals surface area contributed by atoms with Gasteiger partial charge in [0.2, 0.25) is 5.89 Å². The van der Waals surface area contributed by atoms with Crippen molar-refractivity contribution in [3.63, 3.8) is 0 Å². The van der Waals surface area contributed by atoms with Crippen LogP contribution in [0.15, 0.2) is 4.52 Å². The maximum absolute atomic E-state index is 11.3. The second kappa shape index (κ2) is 5.14. The number of sulfone groups is 1. The minimum Gasteiger partial charge on any atom is -0.338 e. The summed E-state index contributed by atoms with van der Waals surface area (Å²) in [4.78, 5) is 4.21. The van der Waals surface area contributed by atoms with E-state index in [2.05, 4.69) is 22.4 Å². The van der Waals surface area contributed by atoms with Gasteiger partial charge in [0.15, 0.2) is 15.7 Å². The predicted octanol–water partition coefficient (Wildman–Crippen LogP) is 0.299. The number of nitrogens with zero attached hydrogens (tertiary/aromatic N) is 2. The lowest BCUT2D eigenvalue weighted by atomic mass is 10.2. The molecule has 1 aliphatic rings. The van der Waals surface area contributed by atoms with Gasteiger partial charge in [0, 0.05) is 12.5 Å². The van der Waals surface area contributed by atoms with Gasteiger partial charge in [-0.15, -0.1) is 0 Å². The molecule has 0 bridgehead atoms. The zero-order chi connectivity index (χ0) is 12.3. The van der Waals surface area contributed by atoms with E-state index >= 15 is 0 Å². The van der Waals surface area contributed by atoms with Crippen LogP contribution in [-0.4, -0.2) is 36.1 Å². The molecule has 0 saturated carbocycles. The third kappa shape index (κ3) is 3.50. The van der Waals surface area contributed by atoms with E-state index in [1.807, 2.05) is 0 Å². The molecule has 1 atom stereocenters. The summed E-state index contributed by atoms with van der Waals surface area (Å²) in [6.07, 6.45) is 2.45. The van der Waals surface area contributed by atoms with E-state index in [-0.39, 0.29) is 17.5 Å². The lowest BCUT2D eigenvalue weighted by molar-refractivity contribution is 0.355. The van der Waals surface area contributed by atoms with Gasteiger partial charge in [-0.1, -0.05) is 12.1 Å². The number of aryl methyl sites for hydroxylation is 1. The van der Waals surface area contributed by atoms with Gasteiger partial charge < -0.3 is 9.84 Å². The highest BCUT2D eigenvalue weighted by Crippen LogP contribution is 2.11. The van der Waals surface area contributed by atoms with Crippen LogP contribution < -0.4 is 5.32 Å². The molecule has 2 rings (SSSR count). The van der Waals surface area contributed by atoms with Crippen LogP contribution in [0.5, 0.6) is 0 Å². The highest BCUT2D eigenvalue weighted by Gasteiger charge is 2.27. The molecule has 1 saturated heterocycles. The first-order chi connectivity index (χ1) is 8.09. The SMILES string of the molecule is CCCc1noc(CNC2CCS(=O)(=O)C2)n1. The van der Waals surface area contributed by atoms with Gasteiger partial charge in [-0.05, 0) is 12.8 Å². The van der Waals surface area contributed by atoms with Gasteiger partial charge in [0.05, 0.1) is 18.1 Å². The van der Waals surface area contributed by atoms with Crippen molar-refractivity contribution in [2.75, 3.05) is 11.5 Å². The van der Waals surface area contributed by atoms with Gasteiger partial charge in [-0.3, -0.25) is 0 Å². The molecule has 0 amide bonds. The highest BCUT2D eigenvalue weighted by atomic mass is 32.2. The van der Waals surface area contributed by atoms with Crippen molar-refractivity contribution in [3.8, 4) is 0 Å². The number of aromatic nitrogens is 2. The zero-order valence-corrected chi connectivity index (χ0v) is 10.7. The van der Waals surface area contributed by atoms with Gasteiger partial charge in [-0.2, -0.15) is 4.98 Å². The Morgan fingerprint density at radius 2 is 2.35 bits per heavy atom. The molecule has 7 heteroatoms. The Bertz CT molecular complexity index is 469. The number of hydrogen-bond acceptors (Lipinski definition) is 6. The molecular formula is C10H17N3O3S. The van der Waals surface area contributed by atoms with E-state index in [1.165, 1.54) is 0 Å². The molecule has 96 valence electrons. The van der Waals surface area contributed by atoms with Crippen LogP contribution >= 0.6 is 0 Å². The number of rotatable bonds is 5. The molecule has 0 radical (unpaired) electrons. The fourth-order valence-corrected chi connectivity index (χ4v) is 3.58. The summed E-state index contributed by atoms with van der Waals surface area (Å²) >= 11 is 0. The summed E-state index contributed by atoms with van der Waals surface area (Å²) in [5.41, 5.74) is 0. The lowest BCUT2D eigenvalue weighted by Crippen LogP contribution is -2.29. The molecule has 1 aromatic rings. The zero-order valence-electron chi connectivity index (χ0n) is 9.85. The van der Waals surface area contributed by atoms with Crippen LogP contribution in [0.25, 0.3) is 0 Å². The van der Waals surface area contributed by atoms with Crippen molar-refractivity contribution >= 4 is 9.84 Å². The van der Waals surface area contributed by atoms with E-state index in [4.69, 9.17) is 4.52 Å². The monoisotopic (exact) mass is 259 g/mol. The van der Waals surface area contributed by atoms with E-state index in [0.29, 0.717) is 24.7 Å². The van der Waals surface area contributed by atoms with Crippen LogP contribution in [0.3, 0.4) is 0 Å². The normalized spacial score (nSPS) is 23.0. The van der Waals surface area contributed by atoms with E-state index < -0.39 is 9.84 Å². The van der Waals surface area contributed by atoms with Crippen LogP contribution in [-0.2, 0) is 22.8 Å². The van der Waals surface area contributed by atoms with E-state index in [9.17, 15) is 8.42 Å². The molecule has 1 unspecified atom stereocenters. The first kappa shape index (κ1) is 12.5. The summed E-state index contributed by atoms with van der Waals surface area (Å²) < 4.78 is 27.6. The minimum atomic E-state index is -2.83. The average Bonchev–Trinajstić information content (AvgIpc) is 2.83. The Hall–Kier alpha value is -0.950. The summed E-state index contributed by atoms with van der Waals surface area (Å²) in [6, 6.07) is 0.0153. The maximum Gasteiger partial charge on any atom is 0.240 e. The fourth-order valence-electron chi connectivity index (χ4n) is 1.87. The molecular weight excluding hydrogens is 242 g/mol. The largest absolute Gasteiger partial charge is 0.338 e. The topological polar surface area (TPSA) is 85.1 Å². The highest BCUT2D eigenvalue weighted by molar-refractivity contribution is 7.91. The molecule has 17 heavy (non-hydrogen) atoms. The van der Waals surface area contributed by atoms with Crippen molar-refractivity contribution in [3.05, 3.63) is 11.7 Å². The van der Waals surface area contributed by atoms with Crippen molar-refractivity contribution in [2.24, 2.45) is 0 Å². The lowest BCUT2D eigenvalue weighted by Gasteiger charge is -2.06. The molecule has 0 aliphatic carbocycles. The minimum absolute atomic E-state index is 0.0153. The Morgan fingerprint density at radius 1 is 1.53 bits per heavy atom. The first-order valence-electron chi connectivity index (χ1n) is 5.84. The molecule has 1 N–H and O–H groups in total. The smallest absolute Gasteiger partial charge is 0.240 e. The van der Waals surface area contributed by atoms with Crippen molar-refractivity contribution in [1.29, 1.82) is 0 Å². The Morgan fingerprint density at radius 3 is 3.00 bits per heavy atom. The van der Waals surface area contributed by atoms with Crippen LogP contribution in [0, 0.1) is 0 Å². The number of hydrogen-bond donors (Lipinski definition) is 1. The molecule has 2 heterocycles. The molecule has 0 spiro atoms. The van der Waals surface area contributed by atoms with Gasteiger partial charge >= 0.3 is 0 Å². The van der Waals surface area contributed by atoms with E-state index in [1.54, 1.807) is 0 Å². The molecule has 1 fully saturated rings. The van der Waals surface area contributed by atoms with Crippen molar-refractivity contribution in [2.45, 2.75) is 38.8 Å². The standard InChI is InChI=1S/C10H17N3O3S/c1-2-3-9-12-10(16-13-9)6-11-8-4-5-17(14,15)7-8/h8,11H,2-7H2,1H3. The molecule has 6 nitrogen and oxygen atoms in total. The second-order valence-electron chi connectivity index (χ2n) is 4.34. The summed E-state index contributed by atoms with van der Waals surface area (Å²) in [5, 5.41) is 6.97. The van der Waals surface area contributed by atoms with Crippen LogP contribution in [0.1, 0.15) is 31.5 Å². The van der Waals surface area contributed by atoms with Gasteiger partial charge in [-0.25, -0.2) is 8.42 Å². The molecule has 1 aliphatic heterocycles. The summed E-state index contributed by atoms with van der Waals surface area (Å²) in [6.45, 7) is 2.49. The Kier molecular flexibility index (Phi) is 3.78. The fraction of sp³-hybridized carbons (Fsp3) is 0.800. The van der Waals surface area contributed by atoms with Crippen molar-refractivity contribution in [1.82, 2.24) is 15.5 Å².